The standard InChI is InChI=1S/C9H10ClNO/c1-6-3-2-4-7(10)9(6)8(12)5-11/h2-4H,5,11H2,1H3. The zero-order chi connectivity index (χ0) is 9.14. The number of halogens is 1. The lowest BCUT2D eigenvalue weighted by molar-refractivity contribution is 0.100. The predicted octanol–water partition coefficient (Wildman–Crippen LogP) is 1.79. The minimum Gasteiger partial charge on any atom is -0.324 e. The topological polar surface area (TPSA) is 43.1 Å². The van der Waals surface area contributed by atoms with E-state index in [-0.39, 0.29) is 12.3 Å². The molecule has 0 unspecified atom stereocenters. The molecular formula is C9H10ClNO. The molecule has 64 valence electrons. The van der Waals surface area contributed by atoms with Gasteiger partial charge in [0.1, 0.15) is 0 Å². The molecule has 0 saturated carbocycles. The van der Waals surface area contributed by atoms with Gasteiger partial charge in [-0.1, -0.05) is 23.7 Å². The largest absolute Gasteiger partial charge is 0.324 e. The van der Waals surface area contributed by atoms with Crippen molar-refractivity contribution in [3.05, 3.63) is 34.3 Å². The molecule has 0 spiro atoms. The monoisotopic (exact) mass is 183 g/mol. The van der Waals surface area contributed by atoms with Crippen molar-refractivity contribution in [3.63, 3.8) is 0 Å². The number of hydrogen-bond donors (Lipinski definition) is 1. The molecule has 2 nitrogen and oxygen atoms in total. The summed E-state index contributed by atoms with van der Waals surface area (Å²) in [5.41, 5.74) is 6.65. The molecule has 0 saturated heterocycles. The van der Waals surface area contributed by atoms with Crippen molar-refractivity contribution in [3.8, 4) is 0 Å². The van der Waals surface area contributed by atoms with Crippen LogP contribution in [-0.4, -0.2) is 12.3 Å². The van der Waals surface area contributed by atoms with Gasteiger partial charge in [-0.3, -0.25) is 4.79 Å². The number of carbonyl (C=O) groups is 1. The van der Waals surface area contributed by atoms with E-state index in [0.717, 1.165) is 5.56 Å². The Morgan fingerprint density at radius 2 is 2.25 bits per heavy atom. The summed E-state index contributed by atoms with van der Waals surface area (Å²) in [4.78, 5) is 11.2. The van der Waals surface area contributed by atoms with E-state index >= 15 is 0 Å². The molecule has 1 rings (SSSR count). The minimum absolute atomic E-state index is 0.00454. The lowest BCUT2D eigenvalue weighted by Crippen LogP contribution is -2.15. The molecule has 1 aromatic carbocycles. The average molecular weight is 184 g/mol. The second-order valence-electron chi connectivity index (χ2n) is 2.56. The van der Waals surface area contributed by atoms with Crippen LogP contribution in [0.25, 0.3) is 0 Å². The summed E-state index contributed by atoms with van der Waals surface area (Å²) in [6.07, 6.45) is 0. The van der Waals surface area contributed by atoms with E-state index in [1.807, 2.05) is 19.1 Å². The molecule has 0 bridgehead atoms. The zero-order valence-electron chi connectivity index (χ0n) is 6.80. The van der Waals surface area contributed by atoms with Crippen molar-refractivity contribution >= 4 is 17.4 Å². The Bertz CT molecular complexity index is 289. The second kappa shape index (κ2) is 3.70. The molecule has 0 aliphatic heterocycles. The molecule has 2 N–H and O–H groups in total. The van der Waals surface area contributed by atoms with Gasteiger partial charge < -0.3 is 5.73 Å². The summed E-state index contributed by atoms with van der Waals surface area (Å²) >= 11 is 5.83. The highest BCUT2D eigenvalue weighted by atomic mass is 35.5. The quantitative estimate of drug-likeness (QED) is 0.711. The van der Waals surface area contributed by atoms with Gasteiger partial charge in [0, 0.05) is 5.56 Å². The van der Waals surface area contributed by atoms with Crippen LogP contribution in [-0.2, 0) is 0 Å². The highest BCUT2D eigenvalue weighted by molar-refractivity contribution is 6.34. The lowest BCUT2D eigenvalue weighted by atomic mass is 10.1. The Labute approximate surface area is 76.3 Å². The van der Waals surface area contributed by atoms with E-state index in [1.54, 1.807) is 6.07 Å². The van der Waals surface area contributed by atoms with E-state index in [4.69, 9.17) is 17.3 Å². The van der Waals surface area contributed by atoms with Crippen LogP contribution in [0.2, 0.25) is 5.02 Å². The van der Waals surface area contributed by atoms with Gasteiger partial charge in [0.05, 0.1) is 11.6 Å². The lowest BCUT2D eigenvalue weighted by Gasteiger charge is -2.04. The Balaban J connectivity index is 3.21. The van der Waals surface area contributed by atoms with Crippen molar-refractivity contribution < 1.29 is 4.79 Å². The van der Waals surface area contributed by atoms with Gasteiger partial charge in [0.25, 0.3) is 0 Å². The van der Waals surface area contributed by atoms with Gasteiger partial charge in [0.15, 0.2) is 5.78 Å². The van der Waals surface area contributed by atoms with Crippen LogP contribution in [0.15, 0.2) is 18.2 Å². The molecular weight excluding hydrogens is 174 g/mol. The third-order valence-electron chi connectivity index (χ3n) is 1.69. The third kappa shape index (κ3) is 1.65. The van der Waals surface area contributed by atoms with Crippen LogP contribution in [0, 0.1) is 6.92 Å². The maximum absolute atomic E-state index is 11.2. The van der Waals surface area contributed by atoms with E-state index < -0.39 is 0 Å². The zero-order valence-corrected chi connectivity index (χ0v) is 7.56. The molecule has 0 radical (unpaired) electrons. The minimum atomic E-state index is -0.113. The van der Waals surface area contributed by atoms with Crippen molar-refractivity contribution in [2.45, 2.75) is 6.92 Å². The normalized spacial score (nSPS) is 9.92. The van der Waals surface area contributed by atoms with Gasteiger partial charge in [-0.15, -0.1) is 0 Å². The molecule has 1 aromatic rings. The maximum Gasteiger partial charge on any atom is 0.178 e. The van der Waals surface area contributed by atoms with Crippen molar-refractivity contribution in [1.29, 1.82) is 0 Å². The Hall–Kier alpha value is -0.860. The number of Topliss-reactive ketones (excluding diaryl/α,β-unsaturated/α-hetero) is 1. The van der Waals surface area contributed by atoms with E-state index in [2.05, 4.69) is 0 Å². The molecule has 0 heterocycles. The predicted molar refractivity (Wildman–Crippen MR) is 49.6 cm³/mol. The number of carbonyl (C=O) groups excluding carboxylic acids is 1. The Morgan fingerprint density at radius 1 is 1.58 bits per heavy atom. The molecule has 0 amide bonds. The van der Waals surface area contributed by atoms with E-state index in [1.165, 1.54) is 0 Å². The number of benzene rings is 1. The molecule has 3 heteroatoms. The molecule has 0 fully saturated rings. The van der Waals surface area contributed by atoms with Gasteiger partial charge in [0.2, 0.25) is 0 Å². The summed E-state index contributed by atoms with van der Waals surface area (Å²) in [6.45, 7) is 1.85. The average Bonchev–Trinajstić information content (AvgIpc) is 2.03. The summed E-state index contributed by atoms with van der Waals surface area (Å²) < 4.78 is 0. The highest BCUT2D eigenvalue weighted by Crippen LogP contribution is 2.19. The Morgan fingerprint density at radius 3 is 2.75 bits per heavy atom. The van der Waals surface area contributed by atoms with E-state index in [0.29, 0.717) is 10.6 Å². The molecule has 0 aliphatic carbocycles. The van der Waals surface area contributed by atoms with Crippen LogP contribution < -0.4 is 5.73 Å². The van der Waals surface area contributed by atoms with Crippen LogP contribution in [0.1, 0.15) is 15.9 Å². The molecule has 0 aliphatic rings. The first-order valence-corrected chi connectivity index (χ1v) is 4.03. The number of ketones is 1. The van der Waals surface area contributed by atoms with Crippen LogP contribution >= 0.6 is 11.6 Å². The fourth-order valence-corrected chi connectivity index (χ4v) is 1.41. The fourth-order valence-electron chi connectivity index (χ4n) is 1.09. The molecule has 0 aromatic heterocycles. The first kappa shape index (κ1) is 9.23. The number of nitrogens with two attached hydrogens (primary N) is 1. The van der Waals surface area contributed by atoms with Crippen molar-refractivity contribution in [1.82, 2.24) is 0 Å². The van der Waals surface area contributed by atoms with Crippen LogP contribution in [0.5, 0.6) is 0 Å². The summed E-state index contributed by atoms with van der Waals surface area (Å²) in [5, 5.41) is 0.477. The first-order valence-electron chi connectivity index (χ1n) is 3.65. The van der Waals surface area contributed by atoms with Gasteiger partial charge in [-0.05, 0) is 18.6 Å². The van der Waals surface area contributed by atoms with Gasteiger partial charge in [-0.25, -0.2) is 0 Å². The highest BCUT2D eigenvalue weighted by Gasteiger charge is 2.10. The maximum atomic E-state index is 11.2. The molecule has 12 heavy (non-hydrogen) atoms. The van der Waals surface area contributed by atoms with Crippen LogP contribution in [0.3, 0.4) is 0 Å². The van der Waals surface area contributed by atoms with Crippen LogP contribution in [0.4, 0.5) is 0 Å². The smallest absolute Gasteiger partial charge is 0.178 e. The number of rotatable bonds is 2. The Kier molecular flexibility index (Phi) is 2.84. The second-order valence-corrected chi connectivity index (χ2v) is 2.97. The first-order chi connectivity index (χ1) is 5.66. The molecule has 0 atom stereocenters. The summed E-state index contributed by atoms with van der Waals surface area (Å²) in [7, 11) is 0. The summed E-state index contributed by atoms with van der Waals surface area (Å²) in [5.74, 6) is -0.113. The number of aryl methyl sites for hydroxylation is 1. The van der Waals surface area contributed by atoms with Gasteiger partial charge in [-0.2, -0.15) is 0 Å². The third-order valence-corrected chi connectivity index (χ3v) is 2.00. The fraction of sp³-hybridized carbons (Fsp3) is 0.222. The SMILES string of the molecule is Cc1cccc(Cl)c1C(=O)CN. The van der Waals surface area contributed by atoms with E-state index in [9.17, 15) is 4.79 Å². The van der Waals surface area contributed by atoms with Crippen molar-refractivity contribution in [2.75, 3.05) is 6.54 Å². The van der Waals surface area contributed by atoms with Crippen molar-refractivity contribution in [2.24, 2.45) is 5.73 Å². The summed E-state index contributed by atoms with van der Waals surface area (Å²) in [6, 6.07) is 5.34. The number of hydrogen-bond acceptors (Lipinski definition) is 2. The van der Waals surface area contributed by atoms with Gasteiger partial charge >= 0.3 is 0 Å².